The second-order valence-corrected chi connectivity index (χ2v) is 4.53. The first-order valence-electron chi connectivity index (χ1n) is 6.72. The Morgan fingerprint density at radius 3 is 2.42 bits per heavy atom. The quantitative estimate of drug-likeness (QED) is 0.734. The highest BCUT2D eigenvalue weighted by Crippen LogP contribution is 2.14. The number of amides is 1. The van der Waals surface area contributed by atoms with Crippen LogP contribution in [0.1, 0.15) is 32.8 Å². The van der Waals surface area contributed by atoms with Crippen molar-refractivity contribution in [3.8, 4) is 5.75 Å². The van der Waals surface area contributed by atoms with Gasteiger partial charge in [0.15, 0.2) is 0 Å². The third kappa shape index (κ3) is 4.78. The van der Waals surface area contributed by atoms with Crippen LogP contribution in [0.5, 0.6) is 5.75 Å². The van der Waals surface area contributed by atoms with Crippen LogP contribution in [-0.2, 0) is 11.3 Å². The summed E-state index contributed by atoms with van der Waals surface area (Å²) in [7, 11) is 1.83. The van der Waals surface area contributed by atoms with E-state index in [1.165, 1.54) is 0 Å². The number of carbonyl (C=O) groups excluding carboxylic acids is 1. The summed E-state index contributed by atoms with van der Waals surface area (Å²) in [6.07, 6.45) is 2.84. The van der Waals surface area contributed by atoms with Crippen molar-refractivity contribution in [3.63, 3.8) is 0 Å². The van der Waals surface area contributed by atoms with Crippen molar-refractivity contribution < 1.29 is 9.53 Å². The topological polar surface area (TPSA) is 29.5 Å². The summed E-state index contributed by atoms with van der Waals surface area (Å²) in [5.74, 6) is 0.943. The van der Waals surface area contributed by atoms with Crippen molar-refractivity contribution in [2.45, 2.75) is 33.7 Å². The summed E-state index contributed by atoms with van der Waals surface area (Å²) in [6.45, 7) is 7.13. The SMILES string of the molecule is CC/C=C(\C)C(=O)N(C)Cc1ccc(OCC)cc1. The van der Waals surface area contributed by atoms with E-state index in [-0.39, 0.29) is 5.91 Å². The molecule has 0 aliphatic rings. The molecule has 104 valence electrons. The van der Waals surface area contributed by atoms with Crippen molar-refractivity contribution in [3.05, 3.63) is 41.5 Å². The third-order valence-electron chi connectivity index (χ3n) is 2.85. The molecule has 0 radical (unpaired) electrons. The molecule has 0 aromatic heterocycles. The molecule has 0 fully saturated rings. The highest BCUT2D eigenvalue weighted by atomic mass is 16.5. The molecule has 0 heterocycles. The van der Waals surface area contributed by atoms with Crippen LogP contribution in [0.4, 0.5) is 0 Å². The lowest BCUT2D eigenvalue weighted by Gasteiger charge is -2.18. The average Bonchev–Trinajstić information content (AvgIpc) is 2.40. The van der Waals surface area contributed by atoms with Crippen LogP contribution in [0, 0.1) is 0 Å². The highest BCUT2D eigenvalue weighted by molar-refractivity contribution is 5.92. The Balaban J connectivity index is 2.63. The minimum absolute atomic E-state index is 0.0794. The first-order valence-corrected chi connectivity index (χ1v) is 6.72. The molecule has 0 atom stereocenters. The summed E-state index contributed by atoms with van der Waals surface area (Å²) >= 11 is 0. The van der Waals surface area contributed by atoms with Gasteiger partial charge in [0, 0.05) is 19.2 Å². The molecule has 3 heteroatoms. The molecule has 19 heavy (non-hydrogen) atoms. The fourth-order valence-electron chi connectivity index (χ4n) is 1.90. The van der Waals surface area contributed by atoms with Crippen LogP contribution in [0.3, 0.4) is 0 Å². The molecule has 3 nitrogen and oxygen atoms in total. The minimum atomic E-state index is 0.0794. The first-order chi connectivity index (χ1) is 9.08. The molecule has 0 saturated carbocycles. The van der Waals surface area contributed by atoms with Crippen LogP contribution < -0.4 is 4.74 Å². The predicted octanol–water partition coefficient (Wildman–Crippen LogP) is 3.40. The van der Waals surface area contributed by atoms with E-state index in [1.54, 1.807) is 4.90 Å². The Hall–Kier alpha value is -1.77. The van der Waals surface area contributed by atoms with E-state index < -0.39 is 0 Å². The maximum absolute atomic E-state index is 12.0. The Bertz CT molecular complexity index is 435. The first kappa shape index (κ1) is 15.3. The lowest BCUT2D eigenvalue weighted by Crippen LogP contribution is -2.26. The van der Waals surface area contributed by atoms with E-state index in [9.17, 15) is 4.79 Å². The molecular weight excluding hydrogens is 238 g/mol. The standard InChI is InChI=1S/C16H23NO2/c1-5-7-13(3)16(18)17(4)12-14-8-10-15(11-9-14)19-6-2/h7-11H,5-6,12H2,1-4H3/b13-7+. The van der Waals surface area contributed by atoms with Crippen molar-refractivity contribution in [1.29, 1.82) is 0 Å². The molecule has 0 bridgehead atoms. The summed E-state index contributed by atoms with van der Waals surface area (Å²) in [4.78, 5) is 13.8. The van der Waals surface area contributed by atoms with Gasteiger partial charge in [0.2, 0.25) is 5.91 Å². The van der Waals surface area contributed by atoms with Gasteiger partial charge in [-0.15, -0.1) is 0 Å². The zero-order chi connectivity index (χ0) is 14.3. The van der Waals surface area contributed by atoms with Crippen LogP contribution in [0.15, 0.2) is 35.9 Å². The van der Waals surface area contributed by atoms with E-state index in [1.807, 2.05) is 58.2 Å². The molecular formula is C16H23NO2. The zero-order valence-electron chi connectivity index (χ0n) is 12.3. The molecule has 0 saturated heterocycles. The van der Waals surface area contributed by atoms with Crippen LogP contribution in [-0.4, -0.2) is 24.5 Å². The fraction of sp³-hybridized carbons (Fsp3) is 0.438. The van der Waals surface area contributed by atoms with Crippen LogP contribution >= 0.6 is 0 Å². The number of benzene rings is 1. The molecule has 1 aromatic carbocycles. The number of allylic oxidation sites excluding steroid dienone is 1. The minimum Gasteiger partial charge on any atom is -0.494 e. The van der Waals surface area contributed by atoms with Crippen LogP contribution in [0.2, 0.25) is 0 Å². The number of rotatable bonds is 6. The molecule has 1 aromatic rings. The van der Waals surface area contributed by atoms with Gasteiger partial charge in [-0.25, -0.2) is 0 Å². The van der Waals surface area contributed by atoms with Gasteiger partial charge in [-0.1, -0.05) is 25.1 Å². The van der Waals surface area contributed by atoms with Gasteiger partial charge >= 0.3 is 0 Å². The van der Waals surface area contributed by atoms with Gasteiger partial charge in [0.25, 0.3) is 0 Å². The van der Waals surface area contributed by atoms with E-state index in [0.717, 1.165) is 23.3 Å². The van der Waals surface area contributed by atoms with Crippen molar-refractivity contribution in [2.24, 2.45) is 0 Å². The number of nitrogens with zero attached hydrogens (tertiary/aromatic N) is 1. The van der Waals surface area contributed by atoms with Gasteiger partial charge in [0.1, 0.15) is 5.75 Å². The number of ether oxygens (including phenoxy) is 1. The predicted molar refractivity (Wildman–Crippen MR) is 78.1 cm³/mol. The molecule has 0 unspecified atom stereocenters. The Morgan fingerprint density at radius 2 is 1.89 bits per heavy atom. The summed E-state index contributed by atoms with van der Waals surface area (Å²) < 4.78 is 5.39. The average molecular weight is 261 g/mol. The largest absolute Gasteiger partial charge is 0.494 e. The van der Waals surface area contributed by atoms with Crippen molar-refractivity contribution in [2.75, 3.05) is 13.7 Å². The maximum Gasteiger partial charge on any atom is 0.249 e. The van der Waals surface area contributed by atoms with Gasteiger partial charge in [-0.2, -0.15) is 0 Å². The smallest absolute Gasteiger partial charge is 0.249 e. The van der Waals surface area contributed by atoms with Gasteiger partial charge in [-0.3, -0.25) is 4.79 Å². The van der Waals surface area contributed by atoms with E-state index in [2.05, 4.69) is 0 Å². The molecule has 1 rings (SSSR count). The zero-order valence-corrected chi connectivity index (χ0v) is 12.3. The van der Waals surface area contributed by atoms with Gasteiger partial charge in [0.05, 0.1) is 6.61 Å². The molecule has 0 aliphatic heterocycles. The lowest BCUT2D eigenvalue weighted by molar-refractivity contribution is -0.126. The molecule has 0 N–H and O–H groups in total. The van der Waals surface area contributed by atoms with E-state index in [0.29, 0.717) is 13.2 Å². The normalized spacial score (nSPS) is 11.3. The van der Waals surface area contributed by atoms with Crippen molar-refractivity contribution >= 4 is 5.91 Å². The molecule has 0 spiro atoms. The highest BCUT2D eigenvalue weighted by Gasteiger charge is 2.10. The van der Waals surface area contributed by atoms with E-state index in [4.69, 9.17) is 4.74 Å². The van der Waals surface area contributed by atoms with Gasteiger partial charge in [-0.05, 0) is 38.0 Å². The van der Waals surface area contributed by atoms with Crippen LogP contribution in [0.25, 0.3) is 0 Å². The summed E-state index contributed by atoms with van der Waals surface area (Å²) in [5, 5.41) is 0. The number of likely N-dealkylation sites (N-methyl/N-ethyl adjacent to an activating group) is 1. The fourth-order valence-corrected chi connectivity index (χ4v) is 1.90. The monoisotopic (exact) mass is 261 g/mol. The maximum atomic E-state index is 12.0. The third-order valence-corrected chi connectivity index (χ3v) is 2.85. The Kier molecular flexibility index (Phi) is 6.13. The number of carbonyl (C=O) groups is 1. The van der Waals surface area contributed by atoms with E-state index >= 15 is 0 Å². The van der Waals surface area contributed by atoms with Gasteiger partial charge < -0.3 is 9.64 Å². The Labute approximate surface area is 115 Å². The summed E-state index contributed by atoms with van der Waals surface area (Å²) in [5.41, 5.74) is 1.90. The van der Waals surface area contributed by atoms with Crippen molar-refractivity contribution in [1.82, 2.24) is 4.90 Å². The number of hydrogen-bond donors (Lipinski definition) is 0. The Morgan fingerprint density at radius 1 is 1.26 bits per heavy atom. The second kappa shape index (κ2) is 7.62. The number of hydrogen-bond acceptors (Lipinski definition) is 2. The molecule has 0 aliphatic carbocycles. The second-order valence-electron chi connectivity index (χ2n) is 4.53. The lowest BCUT2D eigenvalue weighted by atomic mass is 10.2. The summed E-state index contributed by atoms with van der Waals surface area (Å²) in [6, 6.07) is 7.86. The molecule has 1 amide bonds.